The fraction of sp³-hybridized carbons (Fsp3) is 0.524. The summed E-state index contributed by atoms with van der Waals surface area (Å²) in [6, 6.07) is 1.64. The van der Waals surface area contributed by atoms with Gasteiger partial charge >= 0.3 is 5.97 Å². The van der Waals surface area contributed by atoms with Gasteiger partial charge in [0, 0.05) is 42.3 Å². The third-order valence-corrected chi connectivity index (χ3v) is 5.96. The van der Waals surface area contributed by atoms with E-state index in [1.54, 1.807) is 0 Å². The molecule has 1 unspecified atom stereocenters. The molecule has 0 aliphatic carbocycles. The van der Waals surface area contributed by atoms with E-state index >= 15 is 4.39 Å². The van der Waals surface area contributed by atoms with Gasteiger partial charge in [-0.3, -0.25) is 4.79 Å². The van der Waals surface area contributed by atoms with E-state index in [0.717, 1.165) is 31.6 Å². The van der Waals surface area contributed by atoms with Crippen molar-refractivity contribution in [3.63, 3.8) is 0 Å². The molecular formula is C21H27ClFN3O3. The smallest absolute Gasteiger partial charge is 0.341 e. The van der Waals surface area contributed by atoms with Crippen LogP contribution in [0.5, 0.6) is 0 Å². The molecular weight excluding hydrogens is 397 g/mol. The van der Waals surface area contributed by atoms with Crippen LogP contribution in [0, 0.1) is 11.7 Å². The summed E-state index contributed by atoms with van der Waals surface area (Å²) in [5.74, 6) is -1.25. The summed E-state index contributed by atoms with van der Waals surface area (Å²) in [5.41, 5.74) is 1.18. The lowest BCUT2D eigenvalue weighted by Gasteiger charge is -2.23. The van der Waals surface area contributed by atoms with Crippen LogP contribution >= 0.6 is 12.4 Å². The number of carbonyl (C=O) groups is 1. The van der Waals surface area contributed by atoms with Crippen LogP contribution in [0.4, 0.5) is 10.1 Å². The standard InChI is InChI=1S/C21H26FN3O3.ClH/c1-11(2)23-8-13-4-5-24(9-13)19-14-6-12(3)25-10-16(21(27)28)20(26)15(18(14)25)7-17(19)22;/h7,10-13,23H,4-6,8-9H2,1-3H3,(H,27,28);1H/t12-,13?;/m0./s1. The SMILES string of the molecule is CC(C)NCC1CCN(c2c(F)cc3c(=O)c(C(=O)O)cn4c3c2C[C@@H]4C)C1.Cl. The molecule has 0 radical (unpaired) electrons. The Hall–Kier alpha value is -2.12. The summed E-state index contributed by atoms with van der Waals surface area (Å²) in [6.07, 6.45) is 3.00. The van der Waals surface area contributed by atoms with Crippen molar-refractivity contribution in [3.8, 4) is 0 Å². The molecule has 2 aromatic rings. The molecule has 0 amide bonds. The van der Waals surface area contributed by atoms with E-state index in [4.69, 9.17) is 0 Å². The average molecular weight is 424 g/mol. The number of benzene rings is 1. The second kappa shape index (κ2) is 7.95. The highest BCUT2D eigenvalue weighted by molar-refractivity contribution is 5.96. The van der Waals surface area contributed by atoms with Gasteiger partial charge in [0.05, 0.1) is 11.2 Å². The van der Waals surface area contributed by atoms with Crippen molar-refractivity contribution in [2.24, 2.45) is 5.92 Å². The first-order valence-electron chi connectivity index (χ1n) is 9.89. The fourth-order valence-electron chi connectivity index (χ4n) is 4.59. The van der Waals surface area contributed by atoms with Crippen LogP contribution in [0.3, 0.4) is 0 Å². The van der Waals surface area contributed by atoms with Crippen molar-refractivity contribution in [1.29, 1.82) is 0 Å². The molecule has 1 aromatic carbocycles. The zero-order chi connectivity index (χ0) is 20.2. The Morgan fingerprint density at radius 2 is 2.14 bits per heavy atom. The quantitative estimate of drug-likeness (QED) is 0.772. The Bertz CT molecular complexity index is 1020. The van der Waals surface area contributed by atoms with Crippen molar-refractivity contribution in [2.45, 2.75) is 45.7 Å². The predicted molar refractivity (Wildman–Crippen MR) is 114 cm³/mol. The monoisotopic (exact) mass is 423 g/mol. The van der Waals surface area contributed by atoms with E-state index in [1.165, 1.54) is 12.3 Å². The third-order valence-electron chi connectivity index (χ3n) is 5.96. The second-order valence-corrected chi connectivity index (χ2v) is 8.38. The van der Waals surface area contributed by atoms with E-state index in [2.05, 4.69) is 24.1 Å². The number of pyridine rings is 1. The molecule has 1 fully saturated rings. The van der Waals surface area contributed by atoms with Crippen LogP contribution in [-0.4, -0.2) is 41.3 Å². The number of aromatic carboxylic acids is 1. The first-order valence-corrected chi connectivity index (χ1v) is 9.89. The molecule has 8 heteroatoms. The molecule has 158 valence electrons. The van der Waals surface area contributed by atoms with Gasteiger partial charge in [0.25, 0.3) is 0 Å². The van der Waals surface area contributed by atoms with Gasteiger partial charge in [-0.1, -0.05) is 13.8 Å². The van der Waals surface area contributed by atoms with Gasteiger partial charge in [0.15, 0.2) is 0 Å². The summed E-state index contributed by atoms with van der Waals surface area (Å²) in [4.78, 5) is 26.1. The number of carboxylic acid groups (broad SMARTS) is 1. The molecule has 2 N–H and O–H groups in total. The molecule has 2 aliphatic rings. The second-order valence-electron chi connectivity index (χ2n) is 8.38. The highest BCUT2D eigenvalue weighted by Crippen LogP contribution is 2.40. The number of hydrogen-bond donors (Lipinski definition) is 2. The minimum atomic E-state index is -1.28. The number of carboxylic acids is 1. The number of halogens is 2. The summed E-state index contributed by atoms with van der Waals surface area (Å²) >= 11 is 0. The number of hydrogen-bond acceptors (Lipinski definition) is 4. The number of nitrogens with one attached hydrogen (secondary N) is 1. The van der Waals surface area contributed by atoms with Gasteiger partial charge in [-0.25, -0.2) is 9.18 Å². The first-order chi connectivity index (χ1) is 13.3. The Kier molecular flexibility index (Phi) is 5.92. The molecule has 3 heterocycles. The van der Waals surface area contributed by atoms with E-state index in [0.29, 0.717) is 29.6 Å². The molecule has 1 saturated heterocycles. The van der Waals surface area contributed by atoms with E-state index in [-0.39, 0.29) is 29.4 Å². The Balaban J connectivity index is 0.00000240. The number of anilines is 1. The Morgan fingerprint density at radius 3 is 2.79 bits per heavy atom. The molecule has 2 aliphatic heterocycles. The first kappa shape index (κ1) is 21.6. The van der Waals surface area contributed by atoms with Crippen molar-refractivity contribution in [3.05, 3.63) is 39.4 Å². The maximum absolute atomic E-state index is 15.2. The molecule has 0 bridgehead atoms. The summed E-state index contributed by atoms with van der Waals surface area (Å²) in [5, 5.41) is 13.0. The Labute approximate surface area is 175 Å². The van der Waals surface area contributed by atoms with Crippen LogP contribution in [0.25, 0.3) is 10.9 Å². The van der Waals surface area contributed by atoms with Crippen molar-refractivity contribution in [2.75, 3.05) is 24.5 Å². The molecule has 0 saturated carbocycles. The van der Waals surface area contributed by atoms with Crippen molar-refractivity contribution in [1.82, 2.24) is 9.88 Å². The number of aromatic nitrogens is 1. The Morgan fingerprint density at radius 1 is 1.41 bits per heavy atom. The van der Waals surface area contributed by atoms with Crippen molar-refractivity contribution >= 4 is 35.0 Å². The van der Waals surface area contributed by atoms with Crippen LogP contribution in [0.1, 0.15) is 49.2 Å². The maximum atomic E-state index is 15.2. The molecule has 29 heavy (non-hydrogen) atoms. The van der Waals surface area contributed by atoms with Crippen LogP contribution in [0.2, 0.25) is 0 Å². The minimum Gasteiger partial charge on any atom is -0.477 e. The summed E-state index contributed by atoms with van der Waals surface area (Å²) in [6.45, 7) is 8.66. The van der Waals surface area contributed by atoms with Crippen LogP contribution in [0.15, 0.2) is 17.1 Å². The molecule has 4 rings (SSSR count). The third kappa shape index (κ3) is 3.62. The summed E-state index contributed by atoms with van der Waals surface area (Å²) < 4.78 is 17.0. The molecule has 0 spiro atoms. The maximum Gasteiger partial charge on any atom is 0.341 e. The zero-order valence-electron chi connectivity index (χ0n) is 16.9. The lowest BCUT2D eigenvalue weighted by atomic mass is 10.0. The number of nitrogens with zero attached hydrogens (tertiary/aromatic N) is 2. The summed E-state index contributed by atoms with van der Waals surface area (Å²) in [7, 11) is 0. The predicted octanol–water partition coefficient (Wildman–Crippen LogP) is 3.20. The van der Waals surface area contributed by atoms with Crippen molar-refractivity contribution < 1.29 is 14.3 Å². The average Bonchev–Trinajstić information content (AvgIpc) is 3.21. The molecule has 6 nitrogen and oxygen atoms in total. The lowest BCUT2D eigenvalue weighted by molar-refractivity contribution is 0.0694. The minimum absolute atomic E-state index is 0. The highest BCUT2D eigenvalue weighted by atomic mass is 35.5. The topological polar surface area (TPSA) is 74.6 Å². The van der Waals surface area contributed by atoms with Gasteiger partial charge in [0.2, 0.25) is 5.43 Å². The van der Waals surface area contributed by atoms with Gasteiger partial charge in [-0.15, -0.1) is 12.4 Å². The zero-order valence-corrected chi connectivity index (χ0v) is 17.7. The molecule has 1 aromatic heterocycles. The van der Waals surface area contributed by atoms with Crippen LogP contribution in [-0.2, 0) is 6.42 Å². The normalized spacial score (nSPS) is 20.5. The van der Waals surface area contributed by atoms with Gasteiger partial charge < -0.3 is 19.9 Å². The fourth-order valence-corrected chi connectivity index (χ4v) is 4.59. The largest absolute Gasteiger partial charge is 0.477 e. The van der Waals surface area contributed by atoms with Crippen LogP contribution < -0.4 is 15.6 Å². The van der Waals surface area contributed by atoms with E-state index in [9.17, 15) is 14.7 Å². The number of rotatable bonds is 5. The van der Waals surface area contributed by atoms with E-state index in [1.807, 2.05) is 11.5 Å². The lowest BCUT2D eigenvalue weighted by Crippen LogP contribution is -2.31. The van der Waals surface area contributed by atoms with E-state index < -0.39 is 17.2 Å². The van der Waals surface area contributed by atoms with Gasteiger partial charge in [-0.05, 0) is 38.3 Å². The molecule has 2 atom stereocenters. The van der Waals surface area contributed by atoms with Gasteiger partial charge in [-0.2, -0.15) is 0 Å². The highest BCUT2D eigenvalue weighted by Gasteiger charge is 2.33. The van der Waals surface area contributed by atoms with Gasteiger partial charge in [0.1, 0.15) is 11.4 Å².